The van der Waals surface area contributed by atoms with E-state index in [4.69, 9.17) is 0 Å². The van der Waals surface area contributed by atoms with Crippen molar-refractivity contribution in [2.45, 2.75) is 32.4 Å². The summed E-state index contributed by atoms with van der Waals surface area (Å²) in [4.78, 5) is 24.1. The maximum atomic E-state index is 13.1. The number of aromatic nitrogens is 3. The fourth-order valence-corrected chi connectivity index (χ4v) is 2.45. The molecule has 0 aliphatic carbocycles. The highest BCUT2D eigenvalue weighted by atomic mass is 19.2. The molecule has 2 aromatic rings. The number of Topliss-reactive ketones (excluding diaryl/α,β-unsaturated/α-hetero) is 1. The Kier molecular flexibility index (Phi) is 3.40. The second-order valence-electron chi connectivity index (χ2n) is 5.02. The smallest absolute Gasteiger partial charge is 0.292 e. The Bertz CT molecular complexity index is 764. The molecule has 1 aliphatic heterocycles. The molecule has 1 aliphatic rings. The van der Waals surface area contributed by atoms with Crippen molar-refractivity contribution in [2.24, 2.45) is 0 Å². The summed E-state index contributed by atoms with van der Waals surface area (Å²) < 4.78 is 28.6. The molecule has 110 valence electrons. The second-order valence-corrected chi connectivity index (χ2v) is 5.02. The number of nitrogens with zero attached hydrogens (tertiary/aromatic N) is 3. The van der Waals surface area contributed by atoms with E-state index >= 15 is 0 Å². The van der Waals surface area contributed by atoms with Crippen LogP contribution in [0, 0.1) is 11.6 Å². The summed E-state index contributed by atoms with van der Waals surface area (Å²) >= 11 is 0. The Morgan fingerprint density at radius 2 is 2.05 bits per heavy atom. The predicted molar refractivity (Wildman–Crippen MR) is 70.1 cm³/mol. The van der Waals surface area contributed by atoms with Crippen LogP contribution >= 0.6 is 0 Å². The zero-order chi connectivity index (χ0) is 15.0. The largest absolute Gasteiger partial charge is 0.346 e. The third kappa shape index (κ3) is 2.51. The number of fused-ring (bicyclic) bond motifs is 1. The third-order valence-corrected chi connectivity index (χ3v) is 3.57. The second kappa shape index (κ2) is 5.23. The summed E-state index contributed by atoms with van der Waals surface area (Å²) in [6.07, 6.45) is 2.59. The van der Waals surface area contributed by atoms with E-state index < -0.39 is 17.4 Å². The quantitative estimate of drug-likeness (QED) is 0.807. The average Bonchev–Trinajstić information content (AvgIpc) is 2.79. The first-order valence-electron chi connectivity index (χ1n) is 6.71. The van der Waals surface area contributed by atoms with Crippen LogP contribution in [0.15, 0.2) is 23.0 Å². The van der Waals surface area contributed by atoms with Crippen molar-refractivity contribution < 1.29 is 13.6 Å². The minimum atomic E-state index is -1.09. The van der Waals surface area contributed by atoms with Gasteiger partial charge >= 0.3 is 5.69 Å². The molecule has 0 amide bonds. The van der Waals surface area contributed by atoms with E-state index in [2.05, 4.69) is 5.10 Å². The van der Waals surface area contributed by atoms with E-state index in [0.29, 0.717) is 18.8 Å². The van der Waals surface area contributed by atoms with Crippen LogP contribution in [0.4, 0.5) is 8.78 Å². The van der Waals surface area contributed by atoms with Crippen LogP contribution in [0.25, 0.3) is 0 Å². The molecule has 1 aromatic carbocycles. The average molecular weight is 293 g/mol. The highest BCUT2D eigenvalue weighted by molar-refractivity contribution is 5.95. The zero-order valence-electron chi connectivity index (χ0n) is 11.2. The molecular weight excluding hydrogens is 280 g/mol. The number of ketones is 1. The molecular formula is C14H13F2N3O2. The SMILES string of the molecule is O=C(Cn1nc2n(c1=O)CCCC2)c1ccc(F)c(F)c1. The van der Waals surface area contributed by atoms with Gasteiger partial charge in [0.25, 0.3) is 0 Å². The molecule has 0 unspecified atom stereocenters. The Labute approximate surface area is 118 Å². The van der Waals surface area contributed by atoms with Gasteiger partial charge in [0.15, 0.2) is 17.4 Å². The summed E-state index contributed by atoms with van der Waals surface area (Å²) in [6, 6.07) is 2.92. The summed E-state index contributed by atoms with van der Waals surface area (Å²) in [5, 5.41) is 4.13. The lowest BCUT2D eigenvalue weighted by atomic mass is 10.1. The summed E-state index contributed by atoms with van der Waals surface area (Å²) in [7, 11) is 0. The monoisotopic (exact) mass is 293 g/mol. The van der Waals surface area contributed by atoms with E-state index in [9.17, 15) is 18.4 Å². The fourth-order valence-electron chi connectivity index (χ4n) is 2.45. The molecule has 3 rings (SSSR count). The van der Waals surface area contributed by atoms with Crippen LogP contribution in [0.5, 0.6) is 0 Å². The lowest BCUT2D eigenvalue weighted by molar-refractivity contribution is 0.0965. The standard InChI is InChI=1S/C14H13F2N3O2/c15-10-5-4-9(7-11(10)16)12(20)8-19-14(21)18-6-2-1-3-13(18)17-19/h4-5,7H,1-3,6,8H2. The van der Waals surface area contributed by atoms with E-state index in [1.165, 1.54) is 6.07 Å². The minimum Gasteiger partial charge on any atom is -0.292 e. The number of aryl methyl sites for hydroxylation is 1. The molecule has 0 atom stereocenters. The number of carbonyl (C=O) groups is 1. The van der Waals surface area contributed by atoms with Gasteiger partial charge in [0.2, 0.25) is 0 Å². The number of benzene rings is 1. The fraction of sp³-hybridized carbons (Fsp3) is 0.357. The van der Waals surface area contributed by atoms with Gasteiger partial charge < -0.3 is 0 Å². The lowest BCUT2D eigenvalue weighted by Gasteiger charge is -2.09. The summed E-state index contributed by atoms with van der Waals surface area (Å²) in [5.41, 5.74) is -0.313. The molecule has 0 radical (unpaired) electrons. The topological polar surface area (TPSA) is 56.9 Å². The van der Waals surface area contributed by atoms with Gasteiger partial charge in [0.05, 0.1) is 0 Å². The molecule has 21 heavy (non-hydrogen) atoms. The van der Waals surface area contributed by atoms with Crippen LogP contribution in [-0.2, 0) is 19.5 Å². The van der Waals surface area contributed by atoms with E-state index in [1.807, 2.05) is 0 Å². The number of hydrogen-bond donors (Lipinski definition) is 0. The Morgan fingerprint density at radius 3 is 2.76 bits per heavy atom. The van der Waals surface area contributed by atoms with Crippen molar-refractivity contribution in [2.75, 3.05) is 0 Å². The molecule has 0 saturated heterocycles. The summed E-state index contributed by atoms with van der Waals surface area (Å²) in [5.74, 6) is -1.91. The van der Waals surface area contributed by atoms with E-state index in [0.717, 1.165) is 29.7 Å². The lowest BCUT2D eigenvalue weighted by Crippen LogP contribution is -2.29. The molecule has 0 saturated carbocycles. The van der Waals surface area contributed by atoms with Gasteiger partial charge in [-0.3, -0.25) is 9.36 Å². The van der Waals surface area contributed by atoms with Crippen molar-refractivity contribution in [3.8, 4) is 0 Å². The van der Waals surface area contributed by atoms with Crippen LogP contribution < -0.4 is 5.69 Å². The maximum absolute atomic E-state index is 13.1. The van der Waals surface area contributed by atoms with E-state index in [1.54, 1.807) is 4.57 Å². The first-order chi connectivity index (χ1) is 10.1. The Hall–Kier alpha value is -2.31. The zero-order valence-corrected chi connectivity index (χ0v) is 11.2. The molecule has 7 heteroatoms. The Morgan fingerprint density at radius 1 is 1.24 bits per heavy atom. The summed E-state index contributed by atoms with van der Waals surface area (Å²) in [6.45, 7) is 0.331. The van der Waals surface area contributed by atoms with Crippen molar-refractivity contribution in [3.63, 3.8) is 0 Å². The number of halogens is 2. The molecule has 5 nitrogen and oxygen atoms in total. The third-order valence-electron chi connectivity index (χ3n) is 3.57. The molecule has 0 N–H and O–H groups in total. The van der Waals surface area contributed by atoms with Crippen LogP contribution in [0.3, 0.4) is 0 Å². The van der Waals surface area contributed by atoms with Gasteiger partial charge in [-0.15, -0.1) is 0 Å². The minimum absolute atomic E-state index is 0.0202. The number of hydrogen-bond acceptors (Lipinski definition) is 3. The van der Waals surface area contributed by atoms with Crippen molar-refractivity contribution in [3.05, 3.63) is 51.7 Å². The first-order valence-corrected chi connectivity index (χ1v) is 6.71. The van der Waals surface area contributed by atoms with Crippen molar-refractivity contribution in [1.29, 1.82) is 0 Å². The van der Waals surface area contributed by atoms with Gasteiger partial charge in [-0.2, -0.15) is 5.10 Å². The molecule has 0 fully saturated rings. The van der Waals surface area contributed by atoms with Gasteiger partial charge in [-0.25, -0.2) is 18.3 Å². The number of rotatable bonds is 3. The van der Waals surface area contributed by atoms with Crippen LogP contribution in [0.2, 0.25) is 0 Å². The van der Waals surface area contributed by atoms with Crippen molar-refractivity contribution in [1.82, 2.24) is 14.3 Å². The molecule has 2 heterocycles. The molecule has 1 aromatic heterocycles. The Balaban J connectivity index is 1.86. The van der Waals surface area contributed by atoms with Gasteiger partial charge in [0.1, 0.15) is 12.4 Å². The van der Waals surface area contributed by atoms with Gasteiger partial charge in [-0.05, 0) is 31.0 Å². The highest BCUT2D eigenvalue weighted by Crippen LogP contribution is 2.11. The van der Waals surface area contributed by atoms with E-state index in [-0.39, 0.29) is 17.8 Å². The van der Waals surface area contributed by atoms with Gasteiger partial charge in [0, 0.05) is 18.5 Å². The maximum Gasteiger partial charge on any atom is 0.346 e. The van der Waals surface area contributed by atoms with Gasteiger partial charge in [-0.1, -0.05) is 0 Å². The van der Waals surface area contributed by atoms with Crippen LogP contribution in [-0.4, -0.2) is 20.1 Å². The molecule has 0 bridgehead atoms. The predicted octanol–water partition coefficient (Wildman–Crippen LogP) is 1.54. The number of carbonyl (C=O) groups excluding carboxylic acids is 1. The van der Waals surface area contributed by atoms with Crippen LogP contribution in [0.1, 0.15) is 29.0 Å². The first kappa shape index (κ1) is 13.7. The highest BCUT2D eigenvalue weighted by Gasteiger charge is 2.19. The molecule has 0 spiro atoms. The normalized spacial score (nSPS) is 14.0. The van der Waals surface area contributed by atoms with Crippen molar-refractivity contribution >= 4 is 5.78 Å².